The first-order chi connectivity index (χ1) is 7.22. The molecule has 1 heterocycles. The van der Waals surface area contributed by atoms with Crippen molar-refractivity contribution in [1.82, 2.24) is 5.32 Å². The van der Waals surface area contributed by atoms with Crippen LogP contribution in [0.25, 0.3) is 0 Å². The second kappa shape index (κ2) is 6.76. The highest BCUT2D eigenvalue weighted by atomic mass is 16.5. The minimum absolute atomic E-state index is 0.0367. The van der Waals surface area contributed by atoms with Crippen LogP contribution in [0.3, 0.4) is 0 Å². The number of carbonyl (C=O) groups is 1. The number of hydrogen-bond acceptors (Lipinski definition) is 5. The first-order valence-corrected chi connectivity index (χ1v) is 5.29. The Kier molecular flexibility index (Phi) is 5.60. The lowest BCUT2D eigenvalue weighted by Gasteiger charge is -2.13. The van der Waals surface area contributed by atoms with Gasteiger partial charge in [0.15, 0.2) is 0 Å². The van der Waals surface area contributed by atoms with Gasteiger partial charge in [-0.15, -0.1) is 0 Å². The summed E-state index contributed by atoms with van der Waals surface area (Å²) in [6, 6.07) is 0. The van der Waals surface area contributed by atoms with Crippen molar-refractivity contribution in [3.8, 4) is 0 Å². The maximum absolute atomic E-state index is 10.8. The molecule has 0 aromatic carbocycles. The molecule has 0 amide bonds. The number of nitrogens with one attached hydrogen (secondary N) is 1. The predicted molar refractivity (Wildman–Crippen MR) is 54.5 cm³/mol. The molecule has 88 valence electrons. The molecule has 1 aliphatic rings. The van der Waals surface area contributed by atoms with Crippen LogP contribution in [0, 0.1) is 0 Å². The number of ether oxygens (including phenoxy) is 2. The molecule has 5 heteroatoms. The number of rotatable bonds is 6. The summed E-state index contributed by atoms with van der Waals surface area (Å²) >= 11 is 0. The molecular formula is C10H19NO4. The smallest absolute Gasteiger partial charge is 0.308 e. The first kappa shape index (κ1) is 12.4. The third kappa shape index (κ3) is 5.11. The van der Waals surface area contributed by atoms with Gasteiger partial charge in [-0.1, -0.05) is 0 Å². The highest BCUT2D eigenvalue weighted by Crippen LogP contribution is 2.10. The Labute approximate surface area is 89.8 Å². The van der Waals surface area contributed by atoms with E-state index in [4.69, 9.17) is 4.74 Å². The predicted octanol–water partition coefficient (Wildman–Crippen LogP) is -0.321. The van der Waals surface area contributed by atoms with Gasteiger partial charge in [0, 0.05) is 19.7 Å². The van der Waals surface area contributed by atoms with Gasteiger partial charge >= 0.3 is 5.97 Å². The standard InChI is InChI=1S/C10H19NO4/c1-14-10(13)5-8(12)6-11-7-9-3-2-4-15-9/h8-9,11-12H,2-7H2,1H3. The molecule has 0 aromatic rings. The Morgan fingerprint density at radius 3 is 3.13 bits per heavy atom. The average molecular weight is 217 g/mol. The van der Waals surface area contributed by atoms with Crippen molar-refractivity contribution < 1.29 is 19.4 Å². The van der Waals surface area contributed by atoms with Gasteiger partial charge in [0.25, 0.3) is 0 Å². The molecule has 1 fully saturated rings. The van der Waals surface area contributed by atoms with Crippen molar-refractivity contribution >= 4 is 5.97 Å². The largest absolute Gasteiger partial charge is 0.469 e. The summed E-state index contributed by atoms with van der Waals surface area (Å²) in [5.41, 5.74) is 0. The van der Waals surface area contributed by atoms with E-state index in [1.807, 2.05) is 0 Å². The van der Waals surface area contributed by atoms with Crippen molar-refractivity contribution in [2.24, 2.45) is 0 Å². The first-order valence-electron chi connectivity index (χ1n) is 5.29. The number of aliphatic hydroxyl groups excluding tert-OH is 1. The number of methoxy groups -OCH3 is 1. The maximum Gasteiger partial charge on any atom is 0.308 e. The molecule has 1 rings (SSSR count). The van der Waals surface area contributed by atoms with Gasteiger partial charge in [0.1, 0.15) is 0 Å². The highest BCUT2D eigenvalue weighted by Gasteiger charge is 2.16. The number of carbonyl (C=O) groups excluding carboxylic acids is 1. The van der Waals surface area contributed by atoms with Crippen molar-refractivity contribution in [3.05, 3.63) is 0 Å². The Hall–Kier alpha value is -0.650. The molecule has 2 N–H and O–H groups in total. The Balaban J connectivity index is 2.00. The molecule has 2 unspecified atom stereocenters. The van der Waals surface area contributed by atoms with E-state index in [0.29, 0.717) is 6.54 Å². The van der Waals surface area contributed by atoms with Crippen molar-refractivity contribution in [2.75, 3.05) is 26.8 Å². The SMILES string of the molecule is COC(=O)CC(O)CNCC1CCCO1. The molecule has 2 atom stereocenters. The monoisotopic (exact) mass is 217 g/mol. The van der Waals surface area contributed by atoms with E-state index in [1.165, 1.54) is 7.11 Å². The van der Waals surface area contributed by atoms with Crippen LogP contribution in [0.4, 0.5) is 0 Å². The Morgan fingerprint density at radius 1 is 1.73 bits per heavy atom. The number of esters is 1. The fraction of sp³-hybridized carbons (Fsp3) is 0.900. The van der Waals surface area contributed by atoms with Gasteiger partial charge in [-0.25, -0.2) is 0 Å². The molecule has 0 aliphatic carbocycles. The van der Waals surface area contributed by atoms with Crippen LogP contribution in [0.5, 0.6) is 0 Å². The molecule has 0 bridgehead atoms. The lowest BCUT2D eigenvalue weighted by molar-refractivity contribution is -0.142. The van der Waals surface area contributed by atoms with E-state index in [1.54, 1.807) is 0 Å². The molecule has 0 spiro atoms. The zero-order valence-corrected chi connectivity index (χ0v) is 9.07. The molecule has 1 saturated heterocycles. The van der Waals surface area contributed by atoms with Crippen molar-refractivity contribution in [2.45, 2.75) is 31.5 Å². The molecule has 15 heavy (non-hydrogen) atoms. The van der Waals surface area contributed by atoms with Gasteiger partial charge in [-0.3, -0.25) is 4.79 Å². The van der Waals surface area contributed by atoms with Gasteiger partial charge in [-0.2, -0.15) is 0 Å². The van der Waals surface area contributed by atoms with Gasteiger partial charge in [-0.05, 0) is 12.8 Å². The van der Waals surface area contributed by atoms with E-state index in [9.17, 15) is 9.90 Å². The second-order valence-corrected chi connectivity index (χ2v) is 3.73. The van der Waals surface area contributed by atoms with Crippen LogP contribution in [0.15, 0.2) is 0 Å². The zero-order valence-electron chi connectivity index (χ0n) is 9.07. The summed E-state index contributed by atoms with van der Waals surface area (Å²) in [6.07, 6.45) is 1.79. The fourth-order valence-electron chi connectivity index (χ4n) is 1.56. The topological polar surface area (TPSA) is 67.8 Å². The van der Waals surface area contributed by atoms with Crippen LogP contribution >= 0.6 is 0 Å². The maximum atomic E-state index is 10.8. The summed E-state index contributed by atoms with van der Waals surface area (Å²) < 4.78 is 9.85. The quantitative estimate of drug-likeness (QED) is 0.597. The second-order valence-electron chi connectivity index (χ2n) is 3.73. The molecule has 0 radical (unpaired) electrons. The van der Waals surface area contributed by atoms with E-state index < -0.39 is 6.10 Å². The van der Waals surface area contributed by atoms with Gasteiger partial charge < -0.3 is 19.9 Å². The third-order valence-electron chi connectivity index (χ3n) is 2.41. The molecule has 0 aromatic heterocycles. The van der Waals surface area contributed by atoms with Gasteiger partial charge in [0.05, 0.1) is 25.7 Å². The summed E-state index contributed by atoms with van der Waals surface area (Å²) in [5, 5.41) is 12.5. The molecular weight excluding hydrogens is 198 g/mol. The van der Waals surface area contributed by atoms with E-state index in [-0.39, 0.29) is 18.5 Å². The lowest BCUT2D eigenvalue weighted by Crippen LogP contribution is -2.34. The zero-order chi connectivity index (χ0) is 11.1. The van der Waals surface area contributed by atoms with Crippen LogP contribution in [0.2, 0.25) is 0 Å². The minimum Gasteiger partial charge on any atom is -0.469 e. The normalized spacial score (nSPS) is 22.7. The molecule has 5 nitrogen and oxygen atoms in total. The summed E-state index contributed by atoms with van der Waals surface area (Å²) in [4.78, 5) is 10.8. The van der Waals surface area contributed by atoms with Crippen molar-refractivity contribution in [1.29, 1.82) is 0 Å². The van der Waals surface area contributed by atoms with Crippen LogP contribution in [-0.2, 0) is 14.3 Å². The van der Waals surface area contributed by atoms with E-state index >= 15 is 0 Å². The lowest BCUT2D eigenvalue weighted by atomic mass is 10.2. The average Bonchev–Trinajstić information content (AvgIpc) is 2.70. The minimum atomic E-state index is -0.682. The third-order valence-corrected chi connectivity index (χ3v) is 2.41. The van der Waals surface area contributed by atoms with Crippen LogP contribution in [-0.4, -0.2) is 50.1 Å². The van der Waals surface area contributed by atoms with Crippen LogP contribution < -0.4 is 5.32 Å². The fourth-order valence-corrected chi connectivity index (χ4v) is 1.56. The Morgan fingerprint density at radius 2 is 2.53 bits per heavy atom. The molecule has 0 saturated carbocycles. The highest BCUT2D eigenvalue weighted by molar-refractivity contribution is 5.69. The number of hydrogen-bond donors (Lipinski definition) is 2. The van der Waals surface area contributed by atoms with E-state index in [2.05, 4.69) is 10.1 Å². The number of aliphatic hydroxyl groups is 1. The summed E-state index contributed by atoms with van der Waals surface area (Å²) in [7, 11) is 1.31. The van der Waals surface area contributed by atoms with Crippen molar-refractivity contribution in [3.63, 3.8) is 0 Å². The summed E-state index contributed by atoms with van der Waals surface area (Å²) in [6.45, 7) is 1.96. The van der Waals surface area contributed by atoms with Crippen LogP contribution in [0.1, 0.15) is 19.3 Å². The van der Waals surface area contributed by atoms with Gasteiger partial charge in [0.2, 0.25) is 0 Å². The Bertz CT molecular complexity index is 192. The van der Waals surface area contributed by atoms with E-state index in [0.717, 1.165) is 26.0 Å². The summed E-state index contributed by atoms with van der Waals surface area (Å²) in [5.74, 6) is -0.388. The molecule has 1 aliphatic heterocycles.